The number of hydrogen-bond donors (Lipinski definition) is 3. The molecule has 0 radical (unpaired) electrons. The van der Waals surface area contributed by atoms with E-state index >= 15 is 0 Å². The Morgan fingerprint density at radius 3 is 2.29 bits per heavy atom. The van der Waals surface area contributed by atoms with Crippen molar-refractivity contribution in [1.82, 2.24) is 10.3 Å². The van der Waals surface area contributed by atoms with Crippen LogP contribution in [-0.4, -0.2) is 37.3 Å². The number of hydrogen-bond acceptors (Lipinski definition) is 6. The first-order valence-electron chi connectivity index (χ1n) is 8.40. The van der Waals surface area contributed by atoms with Crippen LogP contribution in [0, 0.1) is 0 Å². The highest BCUT2D eigenvalue weighted by atomic mass is 16.5. The number of rotatable bonds is 6. The number of amides is 1. The van der Waals surface area contributed by atoms with E-state index < -0.39 is 17.2 Å². The summed E-state index contributed by atoms with van der Waals surface area (Å²) in [5, 5.41) is 13.5. The van der Waals surface area contributed by atoms with Gasteiger partial charge in [-0.2, -0.15) is 0 Å². The van der Waals surface area contributed by atoms with Gasteiger partial charge in [0, 0.05) is 18.0 Å². The van der Waals surface area contributed by atoms with E-state index in [0.29, 0.717) is 22.8 Å². The molecule has 8 heteroatoms. The second kappa shape index (κ2) is 7.91. The first kappa shape index (κ1) is 19.1. The number of benzene rings is 2. The van der Waals surface area contributed by atoms with E-state index in [1.54, 1.807) is 31.4 Å². The van der Waals surface area contributed by atoms with Crippen LogP contribution in [0.25, 0.3) is 10.9 Å². The van der Waals surface area contributed by atoms with Crippen molar-refractivity contribution in [3.8, 4) is 23.0 Å². The molecule has 0 aliphatic carbocycles. The maximum atomic E-state index is 12.5. The van der Waals surface area contributed by atoms with Crippen molar-refractivity contribution in [2.75, 3.05) is 21.3 Å². The lowest BCUT2D eigenvalue weighted by molar-refractivity contribution is 0.0947. The monoisotopic (exact) mass is 384 g/mol. The van der Waals surface area contributed by atoms with Gasteiger partial charge in [-0.1, -0.05) is 12.1 Å². The van der Waals surface area contributed by atoms with E-state index in [0.717, 1.165) is 5.56 Å². The molecule has 28 heavy (non-hydrogen) atoms. The summed E-state index contributed by atoms with van der Waals surface area (Å²) in [4.78, 5) is 27.5. The van der Waals surface area contributed by atoms with E-state index in [1.165, 1.54) is 26.4 Å². The summed E-state index contributed by atoms with van der Waals surface area (Å²) in [7, 11) is 4.48. The molecule has 0 aliphatic rings. The molecule has 1 heterocycles. The Labute approximate surface area is 160 Å². The molecule has 2 aromatic carbocycles. The van der Waals surface area contributed by atoms with Crippen molar-refractivity contribution in [2.45, 2.75) is 6.54 Å². The van der Waals surface area contributed by atoms with Crippen LogP contribution in [0.5, 0.6) is 23.0 Å². The number of ether oxygens (including phenoxy) is 3. The summed E-state index contributed by atoms with van der Waals surface area (Å²) in [6.07, 6.45) is 0. The third-order valence-electron chi connectivity index (χ3n) is 4.33. The van der Waals surface area contributed by atoms with Gasteiger partial charge in [0.1, 0.15) is 17.1 Å². The Hall–Kier alpha value is -3.68. The topological polar surface area (TPSA) is 110 Å². The Balaban J connectivity index is 1.92. The minimum atomic E-state index is -0.704. The van der Waals surface area contributed by atoms with Crippen LogP contribution in [0.4, 0.5) is 0 Å². The molecule has 1 amide bonds. The van der Waals surface area contributed by atoms with Crippen LogP contribution in [0.2, 0.25) is 0 Å². The molecule has 0 atom stereocenters. The van der Waals surface area contributed by atoms with E-state index in [2.05, 4.69) is 10.3 Å². The van der Waals surface area contributed by atoms with E-state index in [-0.39, 0.29) is 17.5 Å². The molecule has 3 rings (SSSR count). The lowest BCUT2D eigenvalue weighted by atomic mass is 10.1. The number of fused-ring (bicyclic) bond motifs is 1. The molecule has 0 unspecified atom stereocenters. The molecule has 146 valence electrons. The van der Waals surface area contributed by atoms with Crippen molar-refractivity contribution in [1.29, 1.82) is 0 Å². The predicted octanol–water partition coefficient (Wildman–Crippen LogP) is 2.19. The fraction of sp³-hybridized carbons (Fsp3) is 0.200. The number of aromatic hydroxyl groups is 1. The molecule has 0 aliphatic heterocycles. The van der Waals surface area contributed by atoms with Crippen LogP contribution in [0.3, 0.4) is 0 Å². The van der Waals surface area contributed by atoms with Gasteiger partial charge < -0.3 is 29.6 Å². The molecule has 1 aromatic heterocycles. The van der Waals surface area contributed by atoms with Gasteiger partial charge in [0.2, 0.25) is 0 Å². The van der Waals surface area contributed by atoms with Gasteiger partial charge >= 0.3 is 0 Å². The summed E-state index contributed by atoms with van der Waals surface area (Å²) in [6.45, 7) is 0.186. The Morgan fingerprint density at radius 2 is 1.68 bits per heavy atom. The number of nitrogens with one attached hydrogen (secondary N) is 2. The van der Waals surface area contributed by atoms with Crippen molar-refractivity contribution in [3.63, 3.8) is 0 Å². The van der Waals surface area contributed by atoms with Crippen molar-refractivity contribution in [3.05, 3.63) is 57.9 Å². The van der Waals surface area contributed by atoms with Gasteiger partial charge in [-0.25, -0.2) is 0 Å². The SMILES string of the molecule is COc1ccc(CNC(=O)c2c(O)c3cc(OC)c(OC)cc3[nH]c2=O)cc1. The molecule has 0 saturated heterocycles. The molecular weight excluding hydrogens is 364 g/mol. The zero-order valence-corrected chi connectivity index (χ0v) is 15.7. The standard InChI is InChI=1S/C20H20N2O6/c1-26-12-6-4-11(5-7-12)10-21-19(24)17-18(23)13-8-15(27-2)16(28-3)9-14(13)22-20(17)25/h4-9H,10H2,1-3H3,(H,21,24)(H2,22,23,25). The first-order chi connectivity index (χ1) is 13.5. The van der Waals surface area contributed by atoms with Crippen molar-refractivity contribution in [2.24, 2.45) is 0 Å². The normalized spacial score (nSPS) is 10.5. The van der Waals surface area contributed by atoms with Gasteiger partial charge in [0.15, 0.2) is 11.5 Å². The van der Waals surface area contributed by atoms with Crippen LogP contribution in [0.15, 0.2) is 41.2 Å². The molecule has 3 aromatic rings. The van der Waals surface area contributed by atoms with Gasteiger partial charge in [0.25, 0.3) is 11.5 Å². The van der Waals surface area contributed by atoms with Crippen LogP contribution in [0.1, 0.15) is 15.9 Å². The molecule has 0 saturated carbocycles. The molecule has 3 N–H and O–H groups in total. The smallest absolute Gasteiger partial charge is 0.265 e. The lowest BCUT2D eigenvalue weighted by Gasteiger charge is -2.12. The predicted molar refractivity (Wildman–Crippen MR) is 104 cm³/mol. The minimum absolute atomic E-state index is 0.186. The molecular formula is C20H20N2O6. The Morgan fingerprint density at radius 1 is 1.04 bits per heavy atom. The van der Waals surface area contributed by atoms with Crippen LogP contribution >= 0.6 is 0 Å². The molecule has 0 bridgehead atoms. The number of methoxy groups -OCH3 is 3. The van der Waals surface area contributed by atoms with E-state index in [4.69, 9.17) is 14.2 Å². The molecule has 8 nitrogen and oxygen atoms in total. The zero-order valence-electron chi connectivity index (χ0n) is 15.7. The maximum absolute atomic E-state index is 12.5. The highest BCUT2D eigenvalue weighted by Gasteiger charge is 2.20. The minimum Gasteiger partial charge on any atom is -0.506 e. The fourth-order valence-electron chi connectivity index (χ4n) is 2.83. The third kappa shape index (κ3) is 3.57. The third-order valence-corrected chi connectivity index (χ3v) is 4.33. The van der Waals surface area contributed by atoms with E-state index in [1.807, 2.05) is 0 Å². The second-order valence-corrected chi connectivity index (χ2v) is 5.96. The quantitative estimate of drug-likeness (QED) is 0.601. The molecule has 0 spiro atoms. The number of aromatic nitrogens is 1. The van der Waals surface area contributed by atoms with Crippen molar-refractivity contribution < 1.29 is 24.1 Å². The van der Waals surface area contributed by atoms with E-state index in [9.17, 15) is 14.7 Å². The second-order valence-electron chi connectivity index (χ2n) is 5.96. The summed E-state index contributed by atoms with van der Waals surface area (Å²) < 4.78 is 15.5. The lowest BCUT2D eigenvalue weighted by Crippen LogP contribution is -2.29. The van der Waals surface area contributed by atoms with Gasteiger partial charge in [0.05, 0.1) is 26.8 Å². The summed E-state index contributed by atoms with van der Waals surface area (Å²) >= 11 is 0. The number of pyridine rings is 1. The Bertz CT molecular complexity index is 1070. The largest absolute Gasteiger partial charge is 0.506 e. The van der Waals surface area contributed by atoms with Crippen molar-refractivity contribution >= 4 is 16.8 Å². The zero-order chi connectivity index (χ0) is 20.3. The molecule has 0 fully saturated rings. The summed E-state index contributed by atoms with van der Waals surface area (Å²) in [5.41, 5.74) is 0.0711. The van der Waals surface area contributed by atoms with Crippen LogP contribution < -0.4 is 25.1 Å². The maximum Gasteiger partial charge on any atom is 0.265 e. The van der Waals surface area contributed by atoms with Gasteiger partial charge in [-0.05, 0) is 23.8 Å². The average molecular weight is 384 g/mol. The number of carbonyl (C=O) groups excluding carboxylic acids is 1. The van der Waals surface area contributed by atoms with Gasteiger partial charge in [-0.3, -0.25) is 9.59 Å². The van der Waals surface area contributed by atoms with Gasteiger partial charge in [-0.15, -0.1) is 0 Å². The first-order valence-corrected chi connectivity index (χ1v) is 8.40. The summed E-state index contributed by atoms with van der Waals surface area (Å²) in [6, 6.07) is 10.1. The highest BCUT2D eigenvalue weighted by Crippen LogP contribution is 2.35. The van der Waals surface area contributed by atoms with Crippen LogP contribution in [-0.2, 0) is 6.54 Å². The number of H-pyrrole nitrogens is 1. The fourth-order valence-corrected chi connectivity index (χ4v) is 2.83. The Kier molecular flexibility index (Phi) is 5.39. The number of aromatic amines is 1. The average Bonchev–Trinajstić information content (AvgIpc) is 2.71. The summed E-state index contributed by atoms with van der Waals surface area (Å²) in [5.74, 6) is 0.338. The highest BCUT2D eigenvalue weighted by molar-refractivity contribution is 6.02. The number of carbonyl (C=O) groups is 1.